The van der Waals surface area contributed by atoms with Gasteiger partial charge in [0.05, 0.1) is 0 Å². The number of aliphatic hydroxyl groups is 1. The van der Waals surface area contributed by atoms with E-state index in [4.69, 9.17) is 13.2 Å². The number of hydrogen-bond acceptors (Lipinski definition) is 7. The van der Waals surface area contributed by atoms with Gasteiger partial charge >= 0.3 is 5.97 Å². The van der Waals surface area contributed by atoms with E-state index in [1.54, 1.807) is 29.2 Å². The summed E-state index contributed by atoms with van der Waals surface area (Å²) in [5.74, 6) is 0.503. The van der Waals surface area contributed by atoms with Gasteiger partial charge in [-0.25, -0.2) is 14.2 Å². The molecule has 0 saturated carbocycles. The average molecular weight is 796 g/mol. The zero-order chi connectivity index (χ0) is 28.5. The van der Waals surface area contributed by atoms with Gasteiger partial charge in [0.1, 0.15) is 11.9 Å². The Morgan fingerprint density at radius 2 is 2.10 bits per heavy atom. The predicted octanol–water partition coefficient (Wildman–Crippen LogP) is 5.81. The molecule has 40 heavy (non-hydrogen) atoms. The van der Waals surface area contributed by atoms with E-state index in [0.29, 0.717) is 25.9 Å². The summed E-state index contributed by atoms with van der Waals surface area (Å²) < 4.78 is 19.9. The molecule has 4 heterocycles. The Labute approximate surface area is 267 Å². The van der Waals surface area contributed by atoms with Crippen LogP contribution in [0.4, 0.5) is 10.2 Å². The molecule has 0 spiro atoms. The molecule has 1 saturated heterocycles. The van der Waals surface area contributed by atoms with Crippen molar-refractivity contribution < 1.29 is 17.4 Å². The topological polar surface area (TPSA) is 87.6 Å². The van der Waals surface area contributed by atoms with Crippen molar-refractivity contribution in [2.45, 2.75) is 80.3 Å². The fraction of sp³-hybridized carbons (Fsp3) is 0.621. The third-order valence-corrected chi connectivity index (χ3v) is 10.2. The number of fused-ring (bicyclic) bond motifs is 1. The second-order valence-electron chi connectivity index (χ2n) is 10.9. The first-order valence-electron chi connectivity index (χ1n) is 14.3. The molecular weight excluding hydrogens is 756 g/mol. The fourth-order valence-corrected chi connectivity index (χ4v) is 7.20. The normalized spacial score (nSPS) is 19.5. The lowest BCUT2D eigenvalue weighted by Gasteiger charge is -2.29. The molecule has 2 aromatic rings. The van der Waals surface area contributed by atoms with Crippen molar-refractivity contribution in [3.8, 4) is 0 Å². The van der Waals surface area contributed by atoms with Crippen LogP contribution in [0.2, 0.25) is 0 Å². The monoisotopic (exact) mass is 796 g/mol. The molecule has 2 N–H and O–H groups in total. The number of anilines is 1. The smallest absolute Gasteiger partial charge is 0.337 e. The second kappa shape index (κ2) is 15.7. The van der Waals surface area contributed by atoms with Crippen molar-refractivity contribution >= 4 is 71.9 Å². The Balaban J connectivity index is 1.36. The van der Waals surface area contributed by atoms with E-state index in [0.717, 1.165) is 92.4 Å². The van der Waals surface area contributed by atoms with Gasteiger partial charge < -0.3 is 13.5 Å². The van der Waals surface area contributed by atoms with Gasteiger partial charge in [0, 0.05) is 48.8 Å². The molecule has 220 valence electrons. The molecule has 0 aliphatic carbocycles. The van der Waals surface area contributed by atoms with Crippen LogP contribution in [0.15, 0.2) is 24.4 Å². The van der Waals surface area contributed by atoms with Crippen molar-refractivity contribution in [3.05, 3.63) is 46.9 Å². The summed E-state index contributed by atoms with van der Waals surface area (Å²) in [5, 5.41) is 13.4. The van der Waals surface area contributed by atoms with E-state index in [1.807, 2.05) is 28.7 Å². The Morgan fingerprint density at radius 3 is 2.90 bits per heavy atom. The second-order valence-corrected chi connectivity index (χ2v) is 13.8. The minimum Gasteiger partial charge on any atom is -0.396 e. The number of rotatable bonds is 14. The molecule has 11 heteroatoms. The minimum atomic E-state index is -1.34. The van der Waals surface area contributed by atoms with E-state index in [1.165, 1.54) is 5.56 Å². The van der Waals surface area contributed by atoms with Crippen LogP contribution in [-0.2, 0) is 27.1 Å². The van der Waals surface area contributed by atoms with Gasteiger partial charge in [-0.15, -0.1) is 9.24 Å². The number of likely N-dealkylation sites (tertiary alicyclic amines) is 1. The summed E-state index contributed by atoms with van der Waals surface area (Å²) in [6.07, 6.45) is 11.0. The third kappa shape index (κ3) is 8.67. The molecule has 3 unspecified atom stereocenters. The summed E-state index contributed by atoms with van der Waals surface area (Å²) in [5.41, 5.74) is 4.06. The molecular formula is C29H40FI2N4O3P. The lowest BCUT2D eigenvalue weighted by molar-refractivity contribution is -0.137. The number of aromatic nitrogens is 2. The zero-order valence-electron chi connectivity index (χ0n) is 22.9. The largest absolute Gasteiger partial charge is 0.396 e. The number of unbranched alkanes of at least 4 members (excludes halogenated alkanes) is 3. The number of carbonyl (C=O) groups is 1. The molecule has 0 radical (unpaired) electrons. The van der Waals surface area contributed by atoms with Crippen LogP contribution in [0.1, 0.15) is 79.9 Å². The Bertz CT molecular complexity index is 1140. The number of carbonyl (C=O) groups excluding carboxylic acids is 1. The Hall–Kier alpha value is -0.690. The Kier molecular flexibility index (Phi) is 12.6. The quantitative estimate of drug-likeness (QED) is 0.108. The maximum atomic E-state index is 16.0. The van der Waals surface area contributed by atoms with Gasteiger partial charge in [-0.05, 0) is 116 Å². The Morgan fingerprint density at radius 1 is 1.27 bits per heavy atom. The first-order chi connectivity index (χ1) is 19.3. The van der Waals surface area contributed by atoms with Gasteiger partial charge in [-0.3, -0.25) is 9.88 Å². The van der Waals surface area contributed by atoms with Gasteiger partial charge in [-0.1, -0.05) is 12.5 Å². The van der Waals surface area contributed by atoms with Gasteiger partial charge in [0.15, 0.2) is 26.7 Å². The number of nitrogens with one attached hydrogen (secondary N) is 1. The highest BCUT2D eigenvalue weighted by Crippen LogP contribution is 2.43. The van der Waals surface area contributed by atoms with E-state index in [2.05, 4.69) is 36.6 Å². The fourth-order valence-electron chi connectivity index (χ4n) is 5.81. The van der Waals surface area contributed by atoms with Crippen molar-refractivity contribution in [2.75, 3.05) is 31.6 Å². The number of alkyl halides is 2. The van der Waals surface area contributed by atoms with Crippen LogP contribution < -0.4 is 10.6 Å². The number of nitrogens with zero attached hydrogens (tertiary/aromatic N) is 3. The molecule has 1 fully saturated rings. The summed E-state index contributed by atoms with van der Waals surface area (Å²) in [7, 11) is 2.66. The molecule has 2 aliphatic rings. The molecule has 4 rings (SSSR count). The molecule has 0 bridgehead atoms. The summed E-state index contributed by atoms with van der Waals surface area (Å²) >= 11 is 3.65. The summed E-state index contributed by atoms with van der Waals surface area (Å²) in [4.78, 5) is 24.6. The SMILES string of the molecule is O=C(OI)C(c1cc(P)cnc1CCCCCO)N1CC[C@@H](C(F)(I)CCCCc2ccc3c(n2)NCCC3)C1. The maximum Gasteiger partial charge on any atom is 0.337 e. The van der Waals surface area contributed by atoms with E-state index >= 15 is 4.39 Å². The van der Waals surface area contributed by atoms with Crippen LogP contribution in [0.3, 0.4) is 0 Å². The molecule has 0 amide bonds. The van der Waals surface area contributed by atoms with Crippen LogP contribution in [0.25, 0.3) is 0 Å². The average Bonchev–Trinajstić information content (AvgIpc) is 3.45. The molecule has 2 aliphatic heterocycles. The number of aryl methyl sites for hydroxylation is 3. The predicted molar refractivity (Wildman–Crippen MR) is 177 cm³/mol. The minimum absolute atomic E-state index is 0.163. The zero-order valence-corrected chi connectivity index (χ0v) is 28.4. The highest BCUT2D eigenvalue weighted by Gasteiger charge is 2.44. The summed E-state index contributed by atoms with van der Waals surface area (Å²) in [6, 6.07) is 5.66. The number of aliphatic hydroxyl groups excluding tert-OH is 1. The first kappa shape index (κ1) is 32.2. The van der Waals surface area contributed by atoms with E-state index in [9.17, 15) is 4.79 Å². The lowest BCUT2D eigenvalue weighted by atomic mass is 9.96. The summed E-state index contributed by atoms with van der Waals surface area (Å²) in [6.45, 7) is 2.28. The molecule has 0 aromatic carbocycles. The molecule has 2 aromatic heterocycles. The molecule has 7 nitrogen and oxygen atoms in total. The van der Waals surface area contributed by atoms with Gasteiger partial charge in [0.25, 0.3) is 0 Å². The third-order valence-electron chi connectivity index (χ3n) is 8.02. The highest BCUT2D eigenvalue weighted by atomic mass is 127. The van der Waals surface area contributed by atoms with Crippen molar-refractivity contribution in [1.29, 1.82) is 0 Å². The number of halogens is 3. The van der Waals surface area contributed by atoms with Crippen molar-refractivity contribution in [2.24, 2.45) is 5.92 Å². The van der Waals surface area contributed by atoms with Crippen LogP contribution >= 0.6 is 54.8 Å². The molecule has 4 atom stereocenters. The van der Waals surface area contributed by atoms with Crippen molar-refractivity contribution in [3.63, 3.8) is 0 Å². The van der Waals surface area contributed by atoms with Crippen molar-refractivity contribution in [1.82, 2.24) is 14.9 Å². The van der Waals surface area contributed by atoms with Crippen LogP contribution in [-0.4, -0.2) is 55.9 Å². The van der Waals surface area contributed by atoms with E-state index in [-0.39, 0.29) is 18.5 Å². The maximum absolute atomic E-state index is 16.0. The van der Waals surface area contributed by atoms with Crippen LogP contribution in [0, 0.1) is 5.92 Å². The standard InChI is InChI=1S/C29H40FI2N4O3P/c30-29(31,13-4-3-8-22-11-10-20-7-6-14-33-27(20)35-22)21-12-15-36(19-21)26(28(38)39-32)24-17-23(40)18-34-25(24)9-2-1-5-16-37/h10-11,17-18,21,26,37H,1-9,12-16,19,40H2,(H,33,35)/t21-,26?,29?/m1/s1. The van der Waals surface area contributed by atoms with Gasteiger partial charge in [0.2, 0.25) is 0 Å². The first-order valence-corrected chi connectivity index (χ1v) is 16.9. The van der Waals surface area contributed by atoms with Gasteiger partial charge in [-0.2, -0.15) is 0 Å². The van der Waals surface area contributed by atoms with E-state index < -0.39 is 9.72 Å². The lowest BCUT2D eigenvalue weighted by Crippen LogP contribution is -2.36. The number of hydrogen-bond donors (Lipinski definition) is 2. The number of pyridine rings is 2. The highest BCUT2D eigenvalue weighted by molar-refractivity contribution is 14.1. The van der Waals surface area contributed by atoms with Crippen LogP contribution in [0.5, 0.6) is 0 Å².